The highest BCUT2D eigenvalue weighted by atomic mass is 19.1. The molecule has 0 aromatic heterocycles. The zero-order chi connectivity index (χ0) is 13.1. The van der Waals surface area contributed by atoms with Crippen LogP contribution in [0.3, 0.4) is 0 Å². The average molecular weight is 245 g/mol. The minimum Gasteiger partial charge on any atom is -0.478 e. The predicted molar refractivity (Wildman–Crippen MR) is 67.9 cm³/mol. The van der Waals surface area contributed by atoms with E-state index >= 15 is 0 Å². The summed E-state index contributed by atoms with van der Waals surface area (Å²) in [6.45, 7) is 0. The maximum absolute atomic E-state index is 13.7. The number of nitrogens with zero attached hydrogens (tertiary/aromatic N) is 1. The molecule has 0 atom stereocenters. The van der Waals surface area contributed by atoms with Crippen LogP contribution in [0, 0.1) is 5.82 Å². The van der Waals surface area contributed by atoms with Crippen LogP contribution in [0.15, 0.2) is 48.5 Å². The Balaban J connectivity index is 2.44. The highest BCUT2D eigenvalue weighted by Gasteiger charge is 2.12. The number of carboxylic acid groups (broad SMARTS) is 1. The number of rotatable bonds is 3. The van der Waals surface area contributed by atoms with Crippen molar-refractivity contribution >= 4 is 17.3 Å². The smallest absolute Gasteiger partial charge is 0.335 e. The summed E-state index contributed by atoms with van der Waals surface area (Å²) in [5.41, 5.74) is 1.09. The summed E-state index contributed by atoms with van der Waals surface area (Å²) in [5, 5.41) is 8.91. The Labute approximate surface area is 104 Å². The second-order valence-electron chi connectivity index (χ2n) is 3.87. The van der Waals surface area contributed by atoms with E-state index in [2.05, 4.69) is 0 Å². The first-order valence-corrected chi connectivity index (χ1v) is 5.41. The van der Waals surface area contributed by atoms with Gasteiger partial charge < -0.3 is 10.0 Å². The van der Waals surface area contributed by atoms with Crippen LogP contribution in [0.4, 0.5) is 15.8 Å². The highest BCUT2D eigenvalue weighted by Crippen LogP contribution is 2.26. The van der Waals surface area contributed by atoms with Gasteiger partial charge in [0.2, 0.25) is 0 Å². The van der Waals surface area contributed by atoms with Crippen LogP contribution in [0.5, 0.6) is 0 Å². The zero-order valence-electron chi connectivity index (χ0n) is 9.80. The normalized spacial score (nSPS) is 10.1. The van der Waals surface area contributed by atoms with Gasteiger partial charge in [-0.1, -0.05) is 18.2 Å². The highest BCUT2D eigenvalue weighted by molar-refractivity contribution is 5.89. The van der Waals surface area contributed by atoms with Gasteiger partial charge in [0.25, 0.3) is 0 Å². The van der Waals surface area contributed by atoms with Crippen molar-refractivity contribution in [3.8, 4) is 0 Å². The number of hydrogen-bond acceptors (Lipinski definition) is 2. The SMILES string of the molecule is CN(c1ccccc1)c1cc(C(=O)O)ccc1F. The van der Waals surface area contributed by atoms with E-state index < -0.39 is 11.8 Å². The summed E-state index contributed by atoms with van der Waals surface area (Å²) in [7, 11) is 1.69. The van der Waals surface area contributed by atoms with Gasteiger partial charge in [-0.05, 0) is 30.3 Å². The van der Waals surface area contributed by atoms with E-state index in [-0.39, 0.29) is 11.3 Å². The number of halogens is 1. The monoisotopic (exact) mass is 245 g/mol. The topological polar surface area (TPSA) is 40.5 Å². The van der Waals surface area contributed by atoms with Crippen LogP contribution in [-0.2, 0) is 0 Å². The van der Waals surface area contributed by atoms with Crippen molar-refractivity contribution in [1.29, 1.82) is 0 Å². The van der Waals surface area contributed by atoms with Crippen LogP contribution in [-0.4, -0.2) is 18.1 Å². The Morgan fingerprint density at radius 3 is 2.44 bits per heavy atom. The molecule has 4 heteroatoms. The predicted octanol–water partition coefficient (Wildman–Crippen LogP) is 3.29. The molecule has 0 radical (unpaired) electrons. The molecule has 0 saturated heterocycles. The number of carboxylic acids is 1. The molecule has 2 aromatic carbocycles. The van der Waals surface area contributed by atoms with Gasteiger partial charge in [-0.3, -0.25) is 0 Å². The quantitative estimate of drug-likeness (QED) is 0.902. The van der Waals surface area contributed by atoms with Gasteiger partial charge in [-0.15, -0.1) is 0 Å². The van der Waals surface area contributed by atoms with Gasteiger partial charge in [-0.2, -0.15) is 0 Å². The molecule has 2 aromatic rings. The molecule has 0 heterocycles. The molecule has 92 valence electrons. The molecule has 0 aliphatic heterocycles. The van der Waals surface area contributed by atoms with E-state index in [1.54, 1.807) is 11.9 Å². The number of para-hydroxylation sites is 1. The van der Waals surface area contributed by atoms with Crippen molar-refractivity contribution in [1.82, 2.24) is 0 Å². The molecular weight excluding hydrogens is 233 g/mol. The van der Waals surface area contributed by atoms with Crippen molar-refractivity contribution in [3.05, 3.63) is 59.9 Å². The molecule has 0 aliphatic rings. The molecule has 0 unspecified atom stereocenters. The minimum absolute atomic E-state index is 0.0641. The Bertz CT molecular complexity index is 569. The first kappa shape index (κ1) is 12.1. The Morgan fingerprint density at radius 1 is 1.17 bits per heavy atom. The van der Waals surface area contributed by atoms with Crippen molar-refractivity contribution in [2.45, 2.75) is 0 Å². The molecule has 18 heavy (non-hydrogen) atoms. The van der Waals surface area contributed by atoms with Crippen LogP contribution in [0.25, 0.3) is 0 Å². The molecular formula is C14H12FNO2. The Hall–Kier alpha value is -2.36. The fourth-order valence-electron chi connectivity index (χ4n) is 1.69. The molecule has 2 rings (SSSR count). The first-order chi connectivity index (χ1) is 8.59. The van der Waals surface area contributed by atoms with E-state index in [0.29, 0.717) is 0 Å². The lowest BCUT2D eigenvalue weighted by molar-refractivity contribution is 0.0697. The second kappa shape index (κ2) is 4.87. The van der Waals surface area contributed by atoms with Crippen LogP contribution >= 0.6 is 0 Å². The molecule has 0 spiro atoms. The first-order valence-electron chi connectivity index (χ1n) is 5.41. The van der Waals surface area contributed by atoms with Gasteiger partial charge in [0, 0.05) is 12.7 Å². The summed E-state index contributed by atoms with van der Waals surface area (Å²) in [4.78, 5) is 12.5. The third kappa shape index (κ3) is 2.32. The third-order valence-corrected chi connectivity index (χ3v) is 2.70. The summed E-state index contributed by atoms with van der Waals surface area (Å²) >= 11 is 0. The summed E-state index contributed by atoms with van der Waals surface area (Å²) in [6.07, 6.45) is 0. The zero-order valence-corrected chi connectivity index (χ0v) is 9.80. The van der Waals surface area contributed by atoms with Crippen molar-refractivity contribution < 1.29 is 14.3 Å². The summed E-state index contributed by atoms with van der Waals surface area (Å²) in [5.74, 6) is -1.52. The van der Waals surface area contributed by atoms with Gasteiger partial charge in [-0.25, -0.2) is 9.18 Å². The Kier molecular flexibility index (Phi) is 3.28. The summed E-state index contributed by atoms with van der Waals surface area (Å²) < 4.78 is 13.7. The van der Waals surface area contributed by atoms with Gasteiger partial charge in [0.1, 0.15) is 5.82 Å². The van der Waals surface area contributed by atoms with Gasteiger partial charge in [0.15, 0.2) is 0 Å². The number of anilines is 2. The lowest BCUT2D eigenvalue weighted by Gasteiger charge is -2.20. The molecule has 0 bridgehead atoms. The van der Waals surface area contributed by atoms with E-state index in [1.165, 1.54) is 12.1 Å². The van der Waals surface area contributed by atoms with E-state index in [1.807, 2.05) is 30.3 Å². The Morgan fingerprint density at radius 2 is 1.83 bits per heavy atom. The standard InChI is InChI=1S/C14H12FNO2/c1-16(11-5-3-2-4-6-11)13-9-10(14(17)18)7-8-12(13)15/h2-9H,1H3,(H,17,18). The number of hydrogen-bond donors (Lipinski definition) is 1. The van der Waals surface area contributed by atoms with Crippen LogP contribution in [0.2, 0.25) is 0 Å². The molecule has 0 aliphatic carbocycles. The van der Waals surface area contributed by atoms with Crippen molar-refractivity contribution in [2.24, 2.45) is 0 Å². The van der Waals surface area contributed by atoms with Gasteiger partial charge >= 0.3 is 5.97 Å². The van der Waals surface area contributed by atoms with Crippen LogP contribution < -0.4 is 4.90 Å². The largest absolute Gasteiger partial charge is 0.478 e. The molecule has 0 amide bonds. The fourth-order valence-corrected chi connectivity index (χ4v) is 1.69. The number of aromatic carboxylic acids is 1. The average Bonchev–Trinajstić information content (AvgIpc) is 2.39. The lowest BCUT2D eigenvalue weighted by atomic mass is 10.1. The fraction of sp³-hybridized carbons (Fsp3) is 0.0714. The maximum Gasteiger partial charge on any atom is 0.335 e. The third-order valence-electron chi connectivity index (χ3n) is 2.70. The van der Waals surface area contributed by atoms with E-state index in [0.717, 1.165) is 11.8 Å². The maximum atomic E-state index is 13.7. The second-order valence-corrected chi connectivity index (χ2v) is 3.87. The molecule has 1 N–H and O–H groups in total. The number of benzene rings is 2. The molecule has 0 fully saturated rings. The lowest BCUT2D eigenvalue weighted by Crippen LogP contribution is -2.12. The van der Waals surface area contributed by atoms with Crippen molar-refractivity contribution in [3.63, 3.8) is 0 Å². The van der Waals surface area contributed by atoms with E-state index in [9.17, 15) is 9.18 Å². The van der Waals surface area contributed by atoms with Crippen LogP contribution in [0.1, 0.15) is 10.4 Å². The van der Waals surface area contributed by atoms with Gasteiger partial charge in [0.05, 0.1) is 11.3 Å². The number of carbonyl (C=O) groups is 1. The van der Waals surface area contributed by atoms with E-state index in [4.69, 9.17) is 5.11 Å². The molecule has 0 saturated carbocycles. The molecule has 3 nitrogen and oxygen atoms in total. The summed E-state index contributed by atoms with van der Waals surface area (Å²) in [6, 6.07) is 12.9. The minimum atomic E-state index is -1.07. The van der Waals surface area contributed by atoms with Crippen molar-refractivity contribution in [2.75, 3.05) is 11.9 Å².